The summed E-state index contributed by atoms with van der Waals surface area (Å²) in [6, 6.07) is 7.53. The van der Waals surface area contributed by atoms with E-state index in [0.29, 0.717) is 16.9 Å². The molecule has 0 aliphatic heterocycles. The summed E-state index contributed by atoms with van der Waals surface area (Å²) >= 11 is 0. The average molecular weight is 367 g/mol. The van der Waals surface area contributed by atoms with E-state index in [1.165, 1.54) is 10.9 Å². The van der Waals surface area contributed by atoms with Gasteiger partial charge in [0.05, 0.1) is 18.1 Å². The van der Waals surface area contributed by atoms with Crippen LogP contribution in [0.15, 0.2) is 41.5 Å². The summed E-state index contributed by atoms with van der Waals surface area (Å²) in [5.41, 5.74) is 7.71. The van der Waals surface area contributed by atoms with Gasteiger partial charge in [-0.15, -0.1) is 0 Å². The molecule has 27 heavy (non-hydrogen) atoms. The fourth-order valence-corrected chi connectivity index (χ4v) is 2.97. The number of carbonyl (C=O) groups is 1. The minimum atomic E-state index is -0.858. The van der Waals surface area contributed by atoms with Crippen LogP contribution in [0.3, 0.4) is 0 Å². The quantitative estimate of drug-likeness (QED) is 0.701. The molecule has 8 heteroatoms. The predicted octanol–water partition coefficient (Wildman–Crippen LogP) is 1.14. The molecule has 0 saturated carbocycles. The highest BCUT2D eigenvalue weighted by atomic mass is 16.3. The predicted molar refractivity (Wildman–Crippen MR) is 101 cm³/mol. The molecule has 0 aliphatic carbocycles. The third kappa shape index (κ3) is 3.39. The van der Waals surface area contributed by atoms with Gasteiger partial charge in [0, 0.05) is 30.7 Å². The minimum absolute atomic E-state index is 0.175. The number of hydrogen-bond acceptors (Lipinski definition) is 5. The van der Waals surface area contributed by atoms with Gasteiger partial charge in [-0.05, 0) is 6.92 Å². The Bertz CT molecular complexity index is 1050. The lowest BCUT2D eigenvalue weighted by atomic mass is 9.92. The molecule has 0 aliphatic rings. The van der Waals surface area contributed by atoms with Crippen LogP contribution >= 0.6 is 0 Å². The number of carbonyl (C=O) groups excluding carboxylic acids is 1. The fraction of sp³-hybridized carbons (Fsp3) is 0.263. The number of primary amides is 1. The van der Waals surface area contributed by atoms with Crippen LogP contribution in [0.4, 0.5) is 0 Å². The number of nitrogens with two attached hydrogens (primary N) is 1. The van der Waals surface area contributed by atoms with Gasteiger partial charge in [0.1, 0.15) is 11.3 Å². The van der Waals surface area contributed by atoms with Crippen LogP contribution in [0.25, 0.3) is 16.9 Å². The van der Waals surface area contributed by atoms with E-state index in [1.807, 2.05) is 31.2 Å². The zero-order chi connectivity index (χ0) is 19.7. The maximum absolute atomic E-state index is 13.0. The molecular formula is C19H21N5O3. The molecule has 3 N–H and O–H groups in total. The normalized spacial score (nSPS) is 12.1. The summed E-state index contributed by atoms with van der Waals surface area (Å²) in [5.74, 6) is -1.35. The fourth-order valence-electron chi connectivity index (χ4n) is 2.97. The van der Waals surface area contributed by atoms with Gasteiger partial charge in [0.2, 0.25) is 0 Å². The second kappa shape index (κ2) is 7.16. The molecule has 0 bridgehead atoms. The summed E-state index contributed by atoms with van der Waals surface area (Å²) in [6.45, 7) is 3.42. The molecule has 3 rings (SSSR count). The molecule has 1 amide bonds. The molecule has 0 saturated heterocycles. The van der Waals surface area contributed by atoms with Crippen molar-refractivity contribution in [1.82, 2.24) is 19.6 Å². The van der Waals surface area contributed by atoms with Gasteiger partial charge < -0.3 is 10.8 Å². The van der Waals surface area contributed by atoms with Crippen LogP contribution in [0.1, 0.15) is 34.3 Å². The van der Waals surface area contributed by atoms with Gasteiger partial charge >= 0.3 is 0 Å². The van der Waals surface area contributed by atoms with Crippen molar-refractivity contribution in [2.75, 3.05) is 6.61 Å². The van der Waals surface area contributed by atoms with Crippen molar-refractivity contribution in [2.24, 2.45) is 12.8 Å². The molecule has 2 aromatic heterocycles. The lowest BCUT2D eigenvalue weighted by Crippen LogP contribution is -2.34. The Labute approximate surface area is 155 Å². The van der Waals surface area contributed by atoms with E-state index in [9.17, 15) is 14.7 Å². The monoisotopic (exact) mass is 367 g/mol. The third-order valence-electron chi connectivity index (χ3n) is 4.40. The molecule has 1 atom stereocenters. The summed E-state index contributed by atoms with van der Waals surface area (Å²) in [4.78, 5) is 25.1. The SMILES string of the molecule is Cc1ccc(-c2nn(-c3cnn(C)c3)c(=O)c(C(N)=O)c2C(C)CO)cc1. The van der Waals surface area contributed by atoms with Crippen LogP contribution in [-0.2, 0) is 7.05 Å². The molecule has 1 aromatic carbocycles. The van der Waals surface area contributed by atoms with E-state index < -0.39 is 17.4 Å². The van der Waals surface area contributed by atoms with Crippen molar-refractivity contribution in [3.63, 3.8) is 0 Å². The molecule has 140 valence electrons. The number of amides is 1. The van der Waals surface area contributed by atoms with Gasteiger partial charge in [-0.25, -0.2) is 0 Å². The Hall–Kier alpha value is -3.26. The van der Waals surface area contributed by atoms with E-state index in [0.717, 1.165) is 15.8 Å². The van der Waals surface area contributed by atoms with Crippen LogP contribution in [0.5, 0.6) is 0 Å². The Morgan fingerprint density at radius 3 is 2.48 bits per heavy atom. The Morgan fingerprint density at radius 2 is 1.96 bits per heavy atom. The first kappa shape index (κ1) is 18.5. The first-order valence-electron chi connectivity index (χ1n) is 8.47. The van der Waals surface area contributed by atoms with Crippen LogP contribution < -0.4 is 11.3 Å². The zero-order valence-electron chi connectivity index (χ0n) is 15.4. The van der Waals surface area contributed by atoms with E-state index in [1.54, 1.807) is 20.2 Å². The highest BCUT2D eigenvalue weighted by Crippen LogP contribution is 2.29. The molecule has 3 aromatic rings. The largest absolute Gasteiger partial charge is 0.396 e. The minimum Gasteiger partial charge on any atom is -0.396 e. The van der Waals surface area contributed by atoms with Crippen molar-refractivity contribution in [2.45, 2.75) is 19.8 Å². The number of aryl methyl sites for hydroxylation is 2. The average Bonchev–Trinajstić information content (AvgIpc) is 3.07. The van der Waals surface area contributed by atoms with E-state index in [2.05, 4.69) is 10.2 Å². The smallest absolute Gasteiger partial charge is 0.284 e. The third-order valence-corrected chi connectivity index (χ3v) is 4.40. The molecular weight excluding hydrogens is 346 g/mol. The van der Waals surface area contributed by atoms with Crippen LogP contribution in [0, 0.1) is 6.92 Å². The summed E-state index contributed by atoms with van der Waals surface area (Å²) in [5, 5.41) is 18.2. The first-order valence-corrected chi connectivity index (χ1v) is 8.47. The van der Waals surface area contributed by atoms with Gasteiger partial charge in [-0.3, -0.25) is 14.3 Å². The molecule has 8 nitrogen and oxygen atoms in total. The first-order chi connectivity index (χ1) is 12.8. The van der Waals surface area contributed by atoms with Crippen molar-refractivity contribution in [3.8, 4) is 16.9 Å². The Balaban J connectivity index is 2.41. The maximum Gasteiger partial charge on any atom is 0.284 e. The van der Waals surface area contributed by atoms with Gasteiger partial charge in [-0.2, -0.15) is 14.9 Å². The lowest BCUT2D eigenvalue weighted by molar-refractivity contribution is 0.0996. The number of aromatic nitrogens is 4. The van der Waals surface area contributed by atoms with Crippen molar-refractivity contribution >= 4 is 5.91 Å². The van der Waals surface area contributed by atoms with E-state index in [4.69, 9.17) is 5.73 Å². The second-order valence-electron chi connectivity index (χ2n) is 6.54. The van der Waals surface area contributed by atoms with Gasteiger partial charge in [-0.1, -0.05) is 36.8 Å². The Morgan fingerprint density at radius 1 is 1.30 bits per heavy atom. The van der Waals surface area contributed by atoms with Gasteiger partial charge in [0.25, 0.3) is 11.5 Å². The maximum atomic E-state index is 13.0. The van der Waals surface area contributed by atoms with Crippen LogP contribution in [0.2, 0.25) is 0 Å². The zero-order valence-corrected chi connectivity index (χ0v) is 15.4. The Kier molecular flexibility index (Phi) is 4.91. The number of rotatable bonds is 5. The number of aliphatic hydroxyl groups is 1. The van der Waals surface area contributed by atoms with Crippen LogP contribution in [-0.4, -0.2) is 37.2 Å². The van der Waals surface area contributed by atoms with Crippen molar-refractivity contribution in [3.05, 3.63) is 63.7 Å². The number of benzene rings is 1. The van der Waals surface area contributed by atoms with Gasteiger partial charge in [0.15, 0.2) is 0 Å². The second-order valence-corrected chi connectivity index (χ2v) is 6.54. The molecule has 1 unspecified atom stereocenters. The number of aliphatic hydroxyl groups excluding tert-OH is 1. The molecule has 0 fully saturated rings. The molecule has 0 spiro atoms. The lowest BCUT2D eigenvalue weighted by Gasteiger charge is -2.18. The number of nitrogens with zero attached hydrogens (tertiary/aromatic N) is 4. The summed E-state index contributed by atoms with van der Waals surface area (Å²) in [7, 11) is 1.71. The highest BCUT2D eigenvalue weighted by Gasteiger charge is 2.26. The molecule has 0 radical (unpaired) electrons. The number of hydrogen-bond donors (Lipinski definition) is 2. The van der Waals surface area contributed by atoms with E-state index in [-0.39, 0.29) is 12.2 Å². The summed E-state index contributed by atoms with van der Waals surface area (Å²) in [6.07, 6.45) is 3.10. The topological polar surface area (TPSA) is 116 Å². The van der Waals surface area contributed by atoms with Crippen molar-refractivity contribution in [1.29, 1.82) is 0 Å². The van der Waals surface area contributed by atoms with Crippen molar-refractivity contribution < 1.29 is 9.90 Å². The standard InChI is InChI=1S/C19H21N5O3/c1-11-4-6-13(7-5-11)17-15(12(2)10-25)16(18(20)26)19(27)24(22-17)14-8-21-23(3)9-14/h4-9,12,25H,10H2,1-3H3,(H2,20,26). The van der Waals surface area contributed by atoms with E-state index >= 15 is 0 Å². The molecule has 2 heterocycles. The summed E-state index contributed by atoms with van der Waals surface area (Å²) < 4.78 is 2.65. The highest BCUT2D eigenvalue weighted by molar-refractivity contribution is 5.96.